The number of fused-ring (bicyclic) bond motifs is 1. The van der Waals surface area contributed by atoms with Crippen molar-refractivity contribution < 1.29 is 14.0 Å². The van der Waals surface area contributed by atoms with Gasteiger partial charge in [-0.2, -0.15) is 0 Å². The SMILES string of the molecule is O=C(Cc1csc(N2CCCNC2=O)n1)NC1CCSc2c(F)cccc21. The van der Waals surface area contributed by atoms with E-state index in [4.69, 9.17) is 0 Å². The first-order chi connectivity index (χ1) is 13.1. The minimum absolute atomic E-state index is 0.139. The Balaban J connectivity index is 1.41. The first kappa shape index (κ1) is 18.2. The highest BCUT2D eigenvalue weighted by molar-refractivity contribution is 7.99. The Morgan fingerprint density at radius 3 is 3.19 bits per heavy atom. The molecule has 0 spiro atoms. The predicted octanol–water partition coefficient (Wildman–Crippen LogP) is 3.10. The molecule has 0 bridgehead atoms. The number of anilines is 1. The van der Waals surface area contributed by atoms with E-state index in [-0.39, 0.29) is 30.2 Å². The Bertz CT molecular complexity index is 873. The Morgan fingerprint density at radius 2 is 2.33 bits per heavy atom. The van der Waals surface area contributed by atoms with Gasteiger partial charge in [0, 0.05) is 29.1 Å². The monoisotopic (exact) mass is 406 g/mol. The molecule has 1 unspecified atom stereocenters. The Morgan fingerprint density at radius 1 is 1.44 bits per heavy atom. The molecule has 1 aromatic carbocycles. The van der Waals surface area contributed by atoms with Crippen molar-refractivity contribution >= 4 is 40.2 Å². The molecule has 3 heterocycles. The van der Waals surface area contributed by atoms with Crippen molar-refractivity contribution in [1.29, 1.82) is 0 Å². The maximum Gasteiger partial charge on any atom is 0.323 e. The highest BCUT2D eigenvalue weighted by atomic mass is 32.2. The van der Waals surface area contributed by atoms with Crippen molar-refractivity contribution in [1.82, 2.24) is 15.6 Å². The second-order valence-electron chi connectivity index (χ2n) is 6.45. The van der Waals surface area contributed by atoms with Crippen LogP contribution in [0.4, 0.5) is 14.3 Å². The summed E-state index contributed by atoms with van der Waals surface area (Å²) >= 11 is 2.85. The molecular weight excluding hydrogens is 387 g/mol. The van der Waals surface area contributed by atoms with Crippen LogP contribution in [0.5, 0.6) is 0 Å². The van der Waals surface area contributed by atoms with E-state index >= 15 is 0 Å². The number of hydrogen-bond donors (Lipinski definition) is 2. The maximum absolute atomic E-state index is 14.0. The minimum Gasteiger partial charge on any atom is -0.349 e. The molecule has 2 N–H and O–H groups in total. The van der Waals surface area contributed by atoms with Crippen LogP contribution < -0.4 is 15.5 Å². The van der Waals surface area contributed by atoms with Gasteiger partial charge in [-0.05, 0) is 24.5 Å². The average molecular weight is 407 g/mol. The highest BCUT2D eigenvalue weighted by Gasteiger charge is 2.25. The molecule has 9 heteroatoms. The van der Waals surface area contributed by atoms with Crippen LogP contribution in [0.25, 0.3) is 0 Å². The van der Waals surface area contributed by atoms with Gasteiger partial charge in [0.15, 0.2) is 5.13 Å². The molecule has 0 aliphatic carbocycles. The van der Waals surface area contributed by atoms with Crippen LogP contribution in [-0.2, 0) is 11.2 Å². The molecule has 1 fully saturated rings. The summed E-state index contributed by atoms with van der Waals surface area (Å²) in [4.78, 5) is 31.1. The lowest BCUT2D eigenvalue weighted by Gasteiger charge is -2.26. The average Bonchev–Trinajstić information content (AvgIpc) is 3.11. The van der Waals surface area contributed by atoms with Gasteiger partial charge in [-0.3, -0.25) is 9.69 Å². The summed E-state index contributed by atoms with van der Waals surface area (Å²) in [5.74, 6) is 0.381. The number of thiazole rings is 1. The first-order valence-corrected chi connectivity index (χ1v) is 10.7. The molecular formula is C18H19FN4O2S2. The lowest BCUT2D eigenvalue weighted by molar-refractivity contribution is -0.121. The van der Waals surface area contributed by atoms with Gasteiger partial charge in [0.25, 0.3) is 0 Å². The number of carbonyl (C=O) groups excluding carboxylic acids is 2. The number of urea groups is 1. The largest absolute Gasteiger partial charge is 0.349 e. The second-order valence-corrected chi connectivity index (χ2v) is 8.39. The lowest BCUT2D eigenvalue weighted by Crippen LogP contribution is -2.46. The number of benzene rings is 1. The number of nitrogens with one attached hydrogen (secondary N) is 2. The number of thioether (sulfide) groups is 1. The van der Waals surface area contributed by atoms with Crippen LogP contribution in [0.15, 0.2) is 28.5 Å². The van der Waals surface area contributed by atoms with Gasteiger partial charge in [-0.25, -0.2) is 14.2 Å². The molecule has 2 aliphatic heterocycles. The van der Waals surface area contributed by atoms with Gasteiger partial charge in [0.05, 0.1) is 18.2 Å². The molecule has 1 atom stereocenters. The standard InChI is InChI=1S/C18H19FN4O2S2/c19-13-4-1-3-12-14(5-8-26-16(12)13)22-15(24)9-11-10-27-18(21-11)23-7-2-6-20-17(23)25/h1,3-4,10,14H,2,5-9H2,(H,20,25)(H,22,24). The van der Waals surface area contributed by atoms with Crippen molar-refractivity contribution in [2.75, 3.05) is 23.7 Å². The molecule has 1 aromatic heterocycles. The van der Waals surface area contributed by atoms with Crippen LogP contribution in [0, 0.1) is 5.82 Å². The molecule has 1 saturated heterocycles. The summed E-state index contributed by atoms with van der Waals surface area (Å²) in [5, 5.41) is 8.21. The normalized spacial score (nSPS) is 19.4. The van der Waals surface area contributed by atoms with Gasteiger partial charge >= 0.3 is 6.03 Å². The van der Waals surface area contributed by atoms with Crippen molar-refractivity contribution in [3.8, 4) is 0 Å². The summed E-state index contributed by atoms with van der Waals surface area (Å²) in [7, 11) is 0. The van der Waals surface area contributed by atoms with E-state index in [2.05, 4.69) is 15.6 Å². The number of rotatable bonds is 4. The summed E-state index contributed by atoms with van der Waals surface area (Å²) in [6.07, 6.45) is 1.78. The number of carbonyl (C=O) groups is 2. The van der Waals surface area contributed by atoms with E-state index in [1.54, 1.807) is 16.3 Å². The Labute approximate surface area is 164 Å². The zero-order valence-corrected chi connectivity index (χ0v) is 16.2. The molecule has 142 valence electrons. The molecule has 0 radical (unpaired) electrons. The van der Waals surface area contributed by atoms with Crippen molar-refractivity contribution in [2.24, 2.45) is 0 Å². The zero-order valence-electron chi connectivity index (χ0n) is 14.5. The van der Waals surface area contributed by atoms with Crippen molar-refractivity contribution in [3.05, 3.63) is 40.7 Å². The predicted molar refractivity (Wildman–Crippen MR) is 104 cm³/mol. The molecule has 3 amide bonds. The van der Waals surface area contributed by atoms with Gasteiger partial charge in [-0.1, -0.05) is 12.1 Å². The van der Waals surface area contributed by atoms with E-state index in [9.17, 15) is 14.0 Å². The third kappa shape index (κ3) is 3.93. The summed E-state index contributed by atoms with van der Waals surface area (Å²) in [6.45, 7) is 1.31. The number of hydrogen-bond acceptors (Lipinski definition) is 5. The lowest BCUT2D eigenvalue weighted by atomic mass is 10.0. The summed E-state index contributed by atoms with van der Waals surface area (Å²) in [5.41, 5.74) is 1.47. The number of aromatic nitrogens is 1. The van der Waals surface area contributed by atoms with E-state index in [0.29, 0.717) is 28.8 Å². The molecule has 4 rings (SSSR count). The molecule has 2 aromatic rings. The fraction of sp³-hybridized carbons (Fsp3) is 0.389. The Kier molecular flexibility index (Phi) is 5.31. The zero-order chi connectivity index (χ0) is 18.8. The summed E-state index contributed by atoms with van der Waals surface area (Å²) < 4.78 is 14.0. The van der Waals surface area contributed by atoms with Crippen LogP contribution in [0.1, 0.15) is 30.1 Å². The third-order valence-electron chi connectivity index (χ3n) is 4.55. The maximum atomic E-state index is 14.0. The minimum atomic E-state index is -0.236. The van der Waals surface area contributed by atoms with E-state index in [1.807, 2.05) is 6.07 Å². The highest BCUT2D eigenvalue weighted by Crippen LogP contribution is 2.37. The van der Waals surface area contributed by atoms with E-state index in [0.717, 1.165) is 24.2 Å². The fourth-order valence-corrected chi connectivity index (χ4v) is 5.25. The van der Waals surface area contributed by atoms with Gasteiger partial charge < -0.3 is 10.6 Å². The van der Waals surface area contributed by atoms with Gasteiger partial charge in [0.2, 0.25) is 5.91 Å². The van der Waals surface area contributed by atoms with E-state index in [1.165, 1.54) is 29.2 Å². The smallest absolute Gasteiger partial charge is 0.323 e. The van der Waals surface area contributed by atoms with Gasteiger partial charge in [-0.15, -0.1) is 23.1 Å². The molecule has 6 nitrogen and oxygen atoms in total. The number of nitrogens with zero attached hydrogens (tertiary/aromatic N) is 2. The van der Waals surface area contributed by atoms with Crippen molar-refractivity contribution in [2.45, 2.75) is 30.2 Å². The van der Waals surface area contributed by atoms with E-state index < -0.39 is 0 Å². The number of amides is 3. The third-order valence-corrected chi connectivity index (χ3v) is 6.62. The van der Waals surface area contributed by atoms with Crippen LogP contribution in [0.3, 0.4) is 0 Å². The topological polar surface area (TPSA) is 74.3 Å². The first-order valence-electron chi connectivity index (χ1n) is 8.82. The Hall–Kier alpha value is -2.13. The molecule has 0 saturated carbocycles. The summed E-state index contributed by atoms with van der Waals surface area (Å²) in [6, 6.07) is 4.66. The van der Waals surface area contributed by atoms with Crippen LogP contribution in [0.2, 0.25) is 0 Å². The quantitative estimate of drug-likeness (QED) is 0.818. The van der Waals surface area contributed by atoms with Crippen LogP contribution >= 0.6 is 23.1 Å². The fourth-order valence-electron chi connectivity index (χ4n) is 3.26. The second kappa shape index (κ2) is 7.85. The molecule has 2 aliphatic rings. The van der Waals surface area contributed by atoms with Gasteiger partial charge in [0.1, 0.15) is 5.82 Å². The van der Waals surface area contributed by atoms with Crippen molar-refractivity contribution in [3.63, 3.8) is 0 Å². The molecule has 27 heavy (non-hydrogen) atoms. The van der Waals surface area contributed by atoms with Crippen LogP contribution in [-0.4, -0.2) is 35.8 Å². The number of halogens is 1.